The summed E-state index contributed by atoms with van der Waals surface area (Å²) < 4.78 is 27.5. The predicted octanol–water partition coefficient (Wildman–Crippen LogP) is 5.74. The Morgan fingerprint density at radius 3 is 2.57 bits per heavy atom. The standard InChI is InChI=1S/C35H39F2N5O3S/c1-22-12-26(16-27(13-22)34(45)42-11-7-10-30(42)33-40-23(2)21-46-33)32(44)41-29(15-24-8-5-4-6-9-24)31(43)20-39-18-25-14-28(19-38-17-25)35(3,36)37/h4-6,8-9,12-14,16-17,19,21,29-31,39,43H,7,10-11,15,18,20H2,1-3H3,(H,41,44)/t29-,30?,31+/m0/s1. The predicted molar refractivity (Wildman–Crippen MR) is 174 cm³/mol. The van der Waals surface area contributed by atoms with Gasteiger partial charge in [-0.15, -0.1) is 11.3 Å². The van der Waals surface area contributed by atoms with Crippen LogP contribution in [0.5, 0.6) is 0 Å². The number of aromatic nitrogens is 2. The van der Waals surface area contributed by atoms with Crippen LogP contribution >= 0.6 is 11.3 Å². The molecular weight excluding hydrogens is 608 g/mol. The smallest absolute Gasteiger partial charge is 0.272 e. The van der Waals surface area contributed by atoms with Gasteiger partial charge in [0, 0.05) is 66.7 Å². The fourth-order valence-electron chi connectivity index (χ4n) is 5.73. The van der Waals surface area contributed by atoms with E-state index in [2.05, 4.69) is 20.6 Å². The molecular formula is C35H39F2N5O3S. The number of likely N-dealkylation sites (tertiary alicyclic amines) is 1. The fraction of sp³-hybridized carbons (Fsp3) is 0.371. The number of aliphatic hydroxyl groups excluding tert-OH is 1. The Kier molecular flexibility index (Phi) is 10.6. The molecule has 46 heavy (non-hydrogen) atoms. The molecule has 8 nitrogen and oxygen atoms in total. The van der Waals surface area contributed by atoms with Gasteiger partial charge in [0.05, 0.1) is 18.2 Å². The minimum Gasteiger partial charge on any atom is -0.390 e. The zero-order chi connectivity index (χ0) is 32.8. The number of aliphatic hydroxyl groups is 1. The van der Waals surface area contributed by atoms with E-state index in [1.807, 2.05) is 54.5 Å². The average Bonchev–Trinajstić information content (AvgIpc) is 3.69. The van der Waals surface area contributed by atoms with Crippen LogP contribution in [0.1, 0.15) is 79.5 Å². The van der Waals surface area contributed by atoms with Crippen LogP contribution in [-0.2, 0) is 18.9 Å². The number of nitrogens with one attached hydrogen (secondary N) is 2. The normalized spacial score (nSPS) is 16.3. The quantitative estimate of drug-likeness (QED) is 0.181. The minimum atomic E-state index is -3.01. The molecule has 2 aromatic carbocycles. The molecule has 11 heteroatoms. The highest BCUT2D eigenvalue weighted by Crippen LogP contribution is 2.35. The van der Waals surface area contributed by atoms with E-state index in [0.717, 1.165) is 47.8 Å². The van der Waals surface area contributed by atoms with E-state index in [1.54, 1.807) is 29.5 Å². The van der Waals surface area contributed by atoms with E-state index in [0.29, 0.717) is 29.7 Å². The van der Waals surface area contributed by atoms with Gasteiger partial charge >= 0.3 is 0 Å². The Balaban J connectivity index is 1.29. The van der Waals surface area contributed by atoms with Crippen LogP contribution in [0.4, 0.5) is 8.78 Å². The van der Waals surface area contributed by atoms with Crippen molar-refractivity contribution in [1.29, 1.82) is 0 Å². The maximum atomic E-state index is 13.8. The number of hydrogen-bond acceptors (Lipinski definition) is 7. The Morgan fingerprint density at radius 2 is 1.85 bits per heavy atom. The highest BCUT2D eigenvalue weighted by atomic mass is 32.1. The second-order valence-electron chi connectivity index (χ2n) is 12.0. The van der Waals surface area contributed by atoms with Gasteiger partial charge in [0.2, 0.25) is 0 Å². The molecule has 3 atom stereocenters. The summed E-state index contributed by atoms with van der Waals surface area (Å²) in [6.07, 6.45) is 3.71. The molecule has 1 fully saturated rings. The van der Waals surface area contributed by atoms with Gasteiger partial charge in [-0.2, -0.15) is 0 Å². The van der Waals surface area contributed by atoms with E-state index >= 15 is 0 Å². The Hall–Kier alpha value is -4.06. The lowest BCUT2D eigenvalue weighted by Crippen LogP contribution is -2.48. The SMILES string of the molecule is Cc1cc(C(=O)N[C@@H](Cc2ccccc2)[C@H](O)CNCc2cncc(C(C)(F)F)c2)cc(C(=O)N2CCCC2c2nc(C)cs2)c1. The van der Waals surface area contributed by atoms with Gasteiger partial charge in [-0.25, -0.2) is 13.8 Å². The number of hydrogen-bond donors (Lipinski definition) is 3. The highest BCUT2D eigenvalue weighted by Gasteiger charge is 2.33. The number of aryl methyl sites for hydroxylation is 2. The lowest BCUT2D eigenvalue weighted by Gasteiger charge is -2.26. The molecule has 3 heterocycles. The molecule has 5 rings (SSSR count). The molecule has 2 amide bonds. The number of benzene rings is 2. The van der Waals surface area contributed by atoms with Gasteiger partial charge in [-0.05, 0) is 74.1 Å². The molecule has 1 saturated heterocycles. The van der Waals surface area contributed by atoms with E-state index in [9.17, 15) is 23.5 Å². The zero-order valence-electron chi connectivity index (χ0n) is 26.2. The number of rotatable bonds is 12. The monoisotopic (exact) mass is 647 g/mol. The average molecular weight is 648 g/mol. The third-order valence-corrected chi connectivity index (χ3v) is 9.15. The molecule has 3 N–H and O–H groups in total. The number of carbonyl (C=O) groups is 2. The van der Waals surface area contributed by atoms with Crippen molar-refractivity contribution in [2.75, 3.05) is 13.1 Å². The summed E-state index contributed by atoms with van der Waals surface area (Å²) in [6.45, 7) is 5.53. The molecule has 1 unspecified atom stereocenters. The van der Waals surface area contributed by atoms with Crippen molar-refractivity contribution < 1.29 is 23.5 Å². The fourth-order valence-corrected chi connectivity index (χ4v) is 6.67. The topological polar surface area (TPSA) is 107 Å². The van der Waals surface area contributed by atoms with Crippen molar-refractivity contribution in [2.24, 2.45) is 0 Å². The summed E-state index contributed by atoms with van der Waals surface area (Å²) in [7, 11) is 0. The van der Waals surface area contributed by atoms with Crippen molar-refractivity contribution in [1.82, 2.24) is 25.5 Å². The van der Waals surface area contributed by atoms with Crippen LogP contribution in [0.3, 0.4) is 0 Å². The van der Waals surface area contributed by atoms with Crippen molar-refractivity contribution >= 4 is 23.2 Å². The molecule has 0 spiro atoms. The number of nitrogens with zero attached hydrogens (tertiary/aromatic N) is 3. The summed E-state index contributed by atoms with van der Waals surface area (Å²) in [6, 6.07) is 15.3. The number of pyridine rings is 1. The van der Waals surface area contributed by atoms with Crippen LogP contribution < -0.4 is 10.6 Å². The number of carbonyl (C=O) groups excluding carboxylic acids is 2. The first-order valence-corrected chi connectivity index (χ1v) is 16.3. The van der Waals surface area contributed by atoms with Gasteiger partial charge in [-0.1, -0.05) is 30.3 Å². The summed E-state index contributed by atoms with van der Waals surface area (Å²) in [5.41, 5.74) is 3.75. The van der Waals surface area contributed by atoms with Gasteiger partial charge in [0.15, 0.2) is 0 Å². The third kappa shape index (κ3) is 8.39. The van der Waals surface area contributed by atoms with E-state index < -0.39 is 24.0 Å². The first-order valence-electron chi connectivity index (χ1n) is 15.4. The highest BCUT2D eigenvalue weighted by molar-refractivity contribution is 7.09. The molecule has 2 aromatic heterocycles. The molecule has 4 aromatic rings. The van der Waals surface area contributed by atoms with Gasteiger partial charge < -0.3 is 20.6 Å². The van der Waals surface area contributed by atoms with Gasteiger partial charge in [0.25, 0.3) is 17.7 Å². The summed E-state index contributed by atoms with van der Waals surface area (Å²) >= 11 is 1.56. The Labute approximate surface area is 271 Å². The van der Waals surface area contributed by atoms with Crippen molar-refractivity contribution in [3.05, 3.63) is 116 Å². The van der Waals surface area contributed by atoms with Crippen LogP contribution in [-0.4, -0.2) is 57.0 Å². The van der Waals surface area contributed by atoms with E-state index in [1.165, 1.54) is 12.3 Å². The molecule has 1 aliphatic heterocycles. The molecule has 0 aliphatic carbocycles. The second kappa shape index (κ2) is 14.6. The summed E-state index contributed by atoms with van der Waals surface area (Å²) in [5.74, 6) is -3.56. The zero-order valence-corrected chi connectivity index (χ0v) is 27.0. The van der Waals surface area contributed by atoms with Gasteiger partial charge in [-0.3, -0.25) is 14.6 Å². The maximum absolute atomic E-state index is 13.8. The molecule has 0 radical (unpaired) electrons. The lowest BCUT2D eigenvalue weighted by molar-refractivity contribution is 0.0170. The van der Waals surface area contributed by atoms with E-state index in [-0.39, 0.29) is 30.6 Å². The Morgan fingerprint density at radius 1 is 1.09 bits per heavy atom. The van der Waals surface area contributed by atoms with Crippen molar-refractivity contribution in [2.45, 2.75) is 70.7 Å². The van der Waals surface area contributed by atoms with Crippen LogP contribution in [0.15, 0.2) is 72.4 Å². The lowest BCUT2D eigenvalue weighted by atomic mass is 9.99. The Bertz CT molecular complexity index is 1660. The first kappa shape index (κ1) is 33.3. The number of amides is 2. The summed E-state index contributed by atoms with van der Waals surface area (Å²) in [4.78, 5) is 37.8. The third-order valence-electron chi connectivity index (χ3n) is 8.09. The van der Waals surface area contributed by atoms with Crippen LogP contribution in [0.2, 0.25) is 0 Å². The van der Waals surface area contributed by atoms with Crippen LogP contribution in [0, 0.1) is 13.8 Å². The van der Waals surface area contributed by atoms with Crippen molar-refractivity contribution in [3.63, 3.8) is 0 Å². The first-order chi connectivity index (χ1) is 22.0. The number of thiazole rings is 1. The number of halogens is 2. The molecule has 1 aliphatic rings. The van der Waals surface area contributed by atoms with Crippen LogP contribution in [0.25, 0.3) is 0 Å². The van der Waals surface area contributed by atoms with Gasteiger partial charge in [0.1, 0.15) is 5.01 Å². The molecule has 242 valence electrons. The second-order valence-corrected chi connectivity index (χ2v) is 12.9. The molecule has 0 bridgehead atoms. The summed E-state index contributed by atoms with van der Waals surface area (Å²) in [5, 5.41) is 20.2. The maximum Gasteiger partial charge on any atom is 0.272 e. The minimum absolute atomic E-state index is 0.0846. The largest absolute Gasteiger partial charge is 0.390 e. The molecule has 0 saturated carbocycles. The van der Waals surface area contributed by atoms with Crippen molar-refractivity contribution in [3.8, 4) is 0 Å². The number of alkyl halides is 2. The van der Waals surface area contributed by atoms with E-state index in [4.69, 9.17) is 0 Å².